The lowest BCUT2D eigenvalue weighted by Crippen LogP contribution is -2.00. The van der Waals surface area contributed by atoms with Gasteiger partial charge >= 0.3 is 0 Å². The maximum Gasteiger partial charge on any atom is 0.141 e. The summed E-state index contributed by atoms with van der Waals surface area (Å²) in [6.45, 7) is 0.548. The first-order valence-corrected chi connectivity index (χ1v) is 6.69. The van der Waals surface area contributed by atoms with Crippen LogP contribution >= 0.6 is 11.6 Å². The average Bonchev–Trinajstić information content (AvgIpc) is 2.80. The molecule has 0 aliphatic rings. The fourth-order valence-electron chi connectivity index (χ4n) is 2.06. The van der Waals surface area contributed by atoms with E-state index in [4.69, 9.17) is 17.3 Å². The molecule has 106 valence electrons. The Morgan fingerprint density at radius 1 is 1.24 bits per heavy atom. The molecule has 0 fully saturated rings. The minimum atomic E-state index is -0.393. The third-order valence-corrected chi connectivity index (χ3v) is 3.23. The van der Waals surface area contributed by atoms with E-state index in [0.29, 0.717) is 28.6 Å². The van der Waals surface area contributed by atoms with E-state index in [9.17, 15) is 4.39 Å². The number of nitrogens with zero attached hydrogens (tertiary/aromatic N) is 3. The van der Waals surface area contributed by atoms with Gasteiger partial charge in [-0.3, -0.25) is 9.67 Å². The normalized spacial score (nSPS) is 10.8. The number of anilines is 1. The Balaban J connectivity index is 1.89. The highest BCUT2D eigenvalue weighted by molar-refractivity contribution is 6.30. The van der Waals surface area contributed by atoms with Crippen LogP contribution in [0.15, 0.2) is 48.8 Å². The number of nitrogens with two attached hydrogens (primary N) is 1. The van der Waals surface area contributed by atoms with Gasteiger partial charge in [-0.25, -0.2) is 4.39 Å². The van der Waals surface area contributed by atoms with Crippen molar-refractivity contribution < 1.29 is 4.39 Å². The van der Waals surface area contributed by atoms with Crippen LogP contribution in [-0.4, -0.2) is 14.8 Å². The molecular formula is C15H12ClFN4. The second-order valence-electron chi connectivity index (χ2n) is 4.62. The molecule has 0 atom stereocenters. The van der Waals surface area contributed by atoms with Gasteiger partial charge in [-0.1, -0.05) is 23.7 Å². The summed E-state index contributed by atoms with van der Waals surface area (Å²) in [5.41, 5.74) is 8.54. The van der Waals surface area contributed by atoms with Gasteiger partial charge in [0, 0.05) is 11.2 Å². The molecule has 0 radical (unpaired) electrons. The summed E-state index contributed by atoms with van der Waals surface area (Å²) in [7, 11) is 0. The molecule has 1 aromatic carbocycles. The Kier molecular flexibility index (Phi) is 3.58. The third kappa shape index (κ3) is 3.03. The van der Waals surface area contributed by atoms with Crippen molar-refractivity contribution in [3.05, 3.63) is 65.2 Å². The number of nitrogen functional groups attached to an aromatic ring is 1. The Hall–Kier alpha value is -2.40. The van der Waals surface area contributed by atoms with Crippen LogP contribution in [0.3, 0.4) is 0 Å². The van der Waals surface area contributed by atoms with Crippen molar-refractivity contribution in [2.45, 2.75) is 6.54 Å². The quantitative estimate of drug-likeness (QED) is 0.807. The van der Waals surface area contributed by atoms with Gasteiger partial charge in [0.2, 0.25) is 0 Å². The zero-order chi connectivity index (χ0) is 14.8. The second kappa shape index (κ2) is 5.54. The minimum absolute atomic E-state index is 0.393. The summed E-state index contributed by atoms with van der Waals surface area (Å²) in [5, 5.41) is 5.07. The van der Waals surface area contributed by atoms with E-state index in [1.54, 1.807) is 16.9 Å². The number of aromatic nitrogens is 3. The van der Waals surface area contributed by atoms with Gasteiger partial charge in [0.15, 0.2) is 0 Å². The smallest absolute Gasteiger partial charge is 0.141 e. The molecular weight excluding hydrogens is 291 g/mol. The largest absolute Gasteiger partial charge is 0.396 e. The molecule has 0 spiro atoms. The van der Waals surface area contributed by atoms with E-state index in [1.165, 1.54) is 6.07 Å². The average molecular weight is 303 g/mol. The Morgan fingerprint density at radius 2 is 2.10 bits per heavy atom. The van der Waals surface area contributed by atoms with Crippen LogP contribution < -0.4 is 5.73 Å². The van der Waals surface area contributed by atoms with E-state index in [1.807, 2.05) is 24.3 Å². The highest BCUT2D eigenvalue weighted by atomic mass is 35.5. The number of benzene rings is 1. The third-order valence-electron chi connectivity index (χ3n) is 2.99. The van der Waals surface area contributed by atoms with Crippen LogP contribution in [0.25, 0.3) is 11.4 Å². The van der Waals surface area contributed by atoms with E-state index >= 15 is 0 Å². The predicted molar refractivity (Wildman–Crippen MR) is 80.4 cm³/mol. The zero-order valence-electron chi connectivity index (χ0n) is 11.0. The number of rotatable bonds is 3. The van der Waals surface area contributed by atoms with Gasteiger partial charge in [0.05, 0.1) is 24.1 Å². The molecule has 0 unspecified atom stereocenters. The maximum absolute atomic E-state index is 12.9. The monoisotopic (exact) mass is 302 g/mol. The molecule has 0 saturated carbocycles. The number of hydrogen-bond acceptors (Lipinski definition) is 3. The lowest BCUT2D eigenvalue weighted by molar-refractivity contribution is 0.621. The molecule has 2 heterocycles. The summed E-state index contributed by atoms with van der Waals surface area (Å²) in [5.74, 6) is -0.393. The number of halogens is 2. The molecule has 0 aliphatic carbocycles. The molecule has 6 heteroatoms. The highest BCUT2D eigenvalue weighted by Crippen LogP contribution is 2.22. The lowest BCUT2D eigenvalue weighted by atomic mass is 10.2. The van der Waals surface area contributed by atoms with E-state index in [-0.39, 0.29) is 0 Å². The first kappa shape index (κ1) is 13.6. The number of hydrogen-bond donors (Lipinski definition) is 1. The van der Waals surface area contributed by atoms with Gasteiger partial charge in [-0.2, -0.15) is 5.10 Å². The minimum Gasteiger partial charge on any atom is -0.396 e. The van der Waals surface area contributed by atoms with E-state index in [2.05, 4.69) is 10.1 Å². The summed E-state index contributed by atoms with van der Waals surface area (Å²) in [4.78, 5) is 3.99. The van der Waals surface area contributed by atoms with Crippen LogP contribution in [0.5, 0.6) is 0 Å². The molecule has 0 amide bonds. The fraction of sp³-hybridized carbons (Fsp3) is 0.0667. The lowest BCUT2D eigenvalue weighted by Gasteiger charge is -2.02. The van der Waals surface area contributed by atoms with Crippen molar-refractivity contribution in [2.24, 2.45) is 0 Å². The Bertz CT molecular complexity index is 768. The van der Waals surface area contributed by atoms with Gasteiger partial charge in [-0.15, -0.1) is 0 Å². The first-order valence-electron chi connectivity index (χ1n) is 6.31. The van der Waals surface area contributed by atoms with Crippen LogP contribution in [0.1, 0.15) is 5.56 Å². The van der Waals surface area contributed by atoms with E-state index < -0.39 is 5.82 Å². The van der Waals surface area contributed by atoms with Crippen LogP contribution in [0, 0.1) is 5.82 Å². The molecule has 2 aromatic heterocycles. The van der Waals surface area contributed by atoms with Crippen LogP contribution in [0.2, 0.25) is 5.02 Å². The molecule has 3 rings (SSSR count). The molecule has 2 N–H and O–H groups in total. The predicted octanol–water partition coefficient (Wildman–Crippen LogP) is 3.37. The standard InChI is InChI=1S/C15H12ClFN4/c16-11-3-1-2-10(6-11)8-21-9-13(18)15(20-21)14-5-4-12(17)7-19-14/h1-7,9H,8,18H2. The number of pyridine rings is 1. The van der Waals surface area contributed by atoms with Gasteiger partial charge in [0.25, 0.3) is 0 Å². The van der Waals surface area contributed by atoms with Crippen LogP contribution in [-0.2, 0) is 6.54 Å². The Morgan fingerprint density at radius 3 is 2.81 bits per heavy atom. The van der Waals surface area contributed by atoms with Crippen LogP contribution in [0.4, 0.5) is 10.1 Å². The van der Waals surface area contributed by atoms with Crippen molar-refractivity contribution in [3.8, 4) is 11.4 Å². The van der Waals surface area contributed by atoms with Gasteiger partial charge < -0.3 is 5.73 Å². The molecule has 4 nitrogen and oxygen atoms in total. The fourth-order valence-corrected chi connectivity index (χ4v) is 2.27. The SMILES string of the molecule is Nc1cn(Cc2cccc(Cl)c2)nc1-c1ccc(F)cn1. The zero-order valence-corrected chi connectivity index (χ0v) is 11.8. The summed E-state index contributed by atoms with van der Waals surface area (Å²) in [6.07, 6.45) is 2.87. The molecule has 0 bridgehead atoms. The molecule has 3 aromatic rings. The van der Waals surface area contributed by atoms with Gasteiger partial charge in [-0.05, 0) is 29.8 Å². The first-order chi connectivity index (χ1) is 10.1. The van der Waals surface area contributed by atoms with Crippen molar-refractivity contribution in [1.82, 2.24) is 14.8 Å². The van der Waals surface area contributed by atoms with Crippen molar-refractivity contribution in [3.63, 3.8) is 0 Å². The van der Waals surface area contributed by atoms with E-state index in [0.717, 1.165) is 11.8 Å². The molecule has 0 saturated heterocycles. The van der Waals surface area contributed by atoms with Gasteiger partial charge in [0.1, 0.15) is 11.5 Å². The molecule has 0 aliphatic heterocycles. The van der Waals surface area contributed by atoms with Crippen molar-refractivity contribution in [1.29, 1.82) is 0 Å². The van der Waals surface area contributed by atoms with Crippen molar-refractivity contribution in [2.75, 3.05) is 5.73 Å². The van der Waals surface area contributed by atoms with Crippen molar-refractivity contribution >= 4 is 17.3 Å². The maximum atomic E-state index is 12.9. The summed E-state index contributed by atoms with van der Waals surface area (Å²) in [6, 6.07) is 10.4. The highest BCUT2D eigenvalue weighted by Gasteiger charge is 2.10. The summed E-state index contributed by atoms with van der Waals surface area (Å²) < 4.78 is 14.6. The molecule has 21 heavy (non-hydrogen) atoms. The summed E-state index contributed by atoms with van der Waals surface area (Å²) >= 11 is 5.96. The topological polar surface area (TPSA) is 56.7 Å². The Labute approximate surface area is 126 Å². The second-order valence-corrected chi connectivity index (χ2v) is 5.06.